The number of carbonyl (C=O) groups excluding carboxylic acids is 2. The van der Waals surface area contributed by atoms with E-state index in [0.29, 0.717) is 11.4 Å². The van der Waals surface area contributed by atoms with Crippen LogP contribution in [-0.4, -0.2) is 25.0 Å². The number of unbranched alkanes of at least 4 members (excludes halogenated alkanes) is 1. The second kappa shape index (κ2) is 7.05. The summed E-state index contributed by atoms with van der Waals surface area (Å²) in [4.78, 5) is 23.8. The Morgan fingerprint density at radius 1 is 1.30 bits per heavy atom. The van der Waals surface area contributed by atoms with E-state index in [-0.39, 0.29) is 12.5 Å². The average Bonchev–Trinajstić information content (AvgIpc) is 2.89. The number of hydrogen-bond acceptors (Lipinski definition) is 4. The number of thiophene rings is 1. The van der Waals surface area contributed by atoms with Crippen LogP contribution in [0.3, 0.4) is 0 Å². The molecule has 2 aromatic rings. The number of amides is 1. The molecule has 1 aromatic heterocycles. The summed E-state index contributed by atoms with van der Waals surface area (Å²) in [6.07, 6.45) is 1.94. The van der Waals surface area contributed by atoms with Gasteiger partial charge in [-0.1, -0.05) is 31.5 Å². The second-order valence-electron chi connectivity index (χ2n) is 4.43. The first-order valence-corrected chi connectivity index (χ1v) is 7.44. The van der Waals surface area contributed by atoms with Gasteiger partial charge >= 0.3 is 5.97 Å². The number of hydrogen-bond donors (Lipinski definition) is 1. The lowest BCUT2D eigenvalue weighted by molar-refractivity contribution is -0.124. The molecule has 0 aliphatic rings. The van der Waals surface area contributed by atoms with E-state index in [0.717, 1.165) is 22.9 Å². The number of ether oxygens (including phenoxy) is 1. The molecule has 0 fully saturated rings. The van der Waals surface area contributed by atoms with Gasteiger partial charge in [0.1, 0.15) is 4.88 Å². The fraction of sp³-hybridized carbons (Fsp3) is 0.333. The normalized spacial score (nSPS) is 10.4. The van der Waals surface area contributed by atoms with Crippen molar-refractivity contribution in [1.29, 1.82) is 0 Å². The van der Waals surface area contributed by atoms with Gasteiger partial charge in [0.2, 0.25) is 0 Å². The minimum atomic E-state index is -0.447. The molecule has 1 N–H and O–H groups in total. The van der Waals surface area contributed by atoms with Gasteiger partial charge in [-0.3, -0.25) is 4.79 Å². The molecular formula is C15H17NO3S. The van der Waals surface area contributed by atoms with Gasteiger partial charge in [-0.05, 0) is 23.9 Å². The molecule has 0 saturated heterocycles. The van der Waals surface area contributed by atoms with Crippen molar-refractivity contribution < 1.29 is 14.3 Å². The van der Waals surface area contributed by atoms with Crippen molar-refractivity contribution >= 4 is 33.3 Å². The number of fused-ring (bicyclic) bond motifs is 1. The third-order valence-corrected chi connectivity index (χ3v) is 3.91. The van der Waals surface area contributed by atoms with Crippen molar-refractivity contribution in [2.45, 2.75) is 19.8 Å². The smallest absolute Gasteiger partial charge is 0.348 e. The third kappa shape index (κ3) is 3.81. The van der Waals surface area contributed by atoms with E-state index in [9.17, 15) is 9.59 Å². The Kier molecular flexibility index (Phi) is 5.12. The number of rotatable bonds is 6. The zero-order valence-corrected chi connectivity index (χ0v) is 12.2. The molecule has 20 heavy (non-hydrogen) atoms. The van der Waals surface area contributed by atoms with Crippen molar-refractivity contribution in [3.63, 3.8) is 0 Å². The molecule has 0 unspecified atom stereocenters. The topological polar surface area (TPSA) is 55.4 Å². The highest BCUT2D eigenvalue weighted by Crippen LogP contribution is 2.25. The number of carbonyl (C=O) groups is 2. The predicted molar refractivity (Wildman–Crippen MR) is 80.0 cm³/mol. The Bertz CT molecular complexity index is 573. The van der Waals surface area contributed by atoms with Crippen LogP contribution in [0.5, 0.6) is 0 Å². The lowest BCUT2D eigenvalue weighted by Gasteiger charge is -2.04. The first kappa shape index (κ1) is 14.5. The van der Waals surface area contributed by atoms with Crippen LogP contribution in [-0.2, 0) is 9.53 Å². The van der Waals surface area contributed by atoms with Crippen LogP contribution in [0.1, 0.15) is 29.4 Å². The van der Waals surface area contributed by atoms with E-state index in [4.69, 9.17) is 4.74 Å². The largest absolute Gasteiger partial charge is 0.451 e. The van der Waals surface area contributed by atoms with Crippen molar-refractivity contribution in [1.82, 2.24) is 5.32 Å². The van der Waals surface area contributed by atoms with Crippen LogP contribution in [0.15, 0.2) is 30.3 Å². The van der Waals surface area contributed by atoms with Gasteiger partial charge in [-0.25, -0.2) is 4.79 Å². The summed E-state index contributed by atoms with van der Waals surface area (Å²) in [5, 5.41) is 3.72. The summed E-state index contributed by atoms with van der Waals surface area (Å²) in [6.45, 7) is 2.44. The molecule has 106 valence electrons. The second-order valence-corrected chi connectivity index (χ2v) is 5.51. The van der Waals surface area contributed by atoms with Crippen LogP contribution >= 0.6 is 11.3 Å². The van der Waals surface area contributed by atoms with Crippen molar-refractivity contribution in [3.8, 4) is 0 Å². The number of esters is 1. The molecule has 5 heteroatoms. The van der Waals surface area contributed by atoms with Crippen molar-refractivity contribution in [2.75, 3.05) is 13.2 Å². The van der Waals surface area contributed by atoms with Gasteiger partial charge in [-0.15, -0.1) is 11.3 Å². The third-order valence-electron chi connectivity index (χ3n) is 2.81. The van der Waals surface area contributed by atoms with Crippen molar-refractivity contribution in [3.05, 3.63) is 35.2 Å². The van der Waals surface area contributed by atoms with Crippen LogP contribution in [0, 0.1) is 0 Å². The zero-order valence-electron chi connectivity index (χ0n) is 11.3. The van der Waals surface area contributed by atoms with Crippen LogP contribution in [0.4, 0.5) is 0 Å². The maximum Gasteiger partial charge on any atom is 0.348 e. The lowest BCUT2D eigenvalue weighted by atomic mass is 10.2. The maximum absolute atomic E-state index is 11.9. The van der Waals surface area contributed by atoms with E-state index in [2.05, 4.69) is 5.32 Å². The summed E-state index contributed by atoms with van der Waals surface area (Å²) in [7, 11) is 0. The monoisotopic (exact) mass is 291 g/mol. The summed E-state index contributed by atoms with van der Waals surface area (Å²) < 4.78 is 6.04. The van der Waals surface area contributed by atoms with Crippen LogP contribution in [0.2, 0.25) is 0 Å². The van der Waals surface area contributed by atoms with E-state index in [1.54, 1.807) is 6.07 Å². The number of benzene rings is 1. The van der Waals surface area contributed by atoms with Crippen LogP contribution in [0.25, 0.3) is 10.1 Å². The standard InChI is InChI=1S/C15H17NO3S/c1-2-3-8-16-14(17)10-19-15(18)13-9-11-6-4-5-7-12(11)20-13/h4-7,9H,2-3,8,10H2,1H3,(H,16,17). The Labute approximate surface area is 121 Å². The van der Waals surface area contributed by atoms with E-state index >= 15 is 0 Å². The first-order valence-electron chi connectivity index (χ1n) is 6.63. The van der Waals surface area contributed by atoms with Gasteiger partial charge < -0.3 is 10.1 Å². The van der Waals surface area contributed by atoms with E-state index < -0.39 is 5.97 Å². The zero-order chi connectivity index (χ0) is 14.4. The minimum absolute atomic E-state index is 0.225. The molecule has 1 aromatic carbocycles. The van der Waals surface area contributed by atoms with E-state index in [1.165, 1.54) is 11.3 Å². The maximum atomic E-state index is 11.9. The predicted octanol–water partition coefficient (Wildman–Crippen LogP) is 2.97. The molecule has 0 aliphatic carbocycles. The summed E-state index contributed by atoms with van der Waals surface area (Å²) >= 11 is 1.37. The highest BCUT2D eigenvalue weighted by atomic mass is 32.1. The molecule has 4 nitrogen and oxygen atoms in total. The molecule has 1 amide bonds. The first-order chi connectivity index (χ1) is 9.70. The van der Waals surface area contributed by atoms with Crippen molar-refractivity contribution in [2.24, 2.45) is 0 Å². The molecule has 0 radical (unpaired) electrons. The molecule has 0 saturated carbocycles. The van der Waals surface area contributed by atoms with Gasteiger partial charge in [0.25, 0.3) is 5.91 Å². The SMILES string of the molecule is CCCCNC(=O)COC(=O)c1cc2ccccc2s1. The van der Waals surface area contributed by atoms with Crippen LogP contribution < -0.4 is 5.32 Å². The summed E-state index contributed by atoms with van der Waals surface area (Å²) in [6, 6.07) is 9.53. The highest BCUT2D eigenvalue weighted by Gasteiger charge is 2.13. The fourth-order valence-electron chi connectivity index (χ4n) is 1.74. The Balaban J connectivity index is 1.87. The molecule has 0 bridgehead atoms. The minimum Gasteiger partial charge on any atom is -0.451 e. The summed E-state index contributed by atoms with van der Waals surface area (Å²) in [5.74, 6) is -0.704. The molecular weight excluding hydrogens is 274 g/mol. The quantitative estimate of drug-likeness (QED) is 0.657. The molecule has 2 rings (SSSR count). The average molecular weight is 291 g/mol. The van der Waals surface area contributed by atoms with Gasteiger partial charge in [0, 0.05) is 11.2 Å². The fourth-order valence-corrected chi connectivity index (χ4v) is 2.70. The van der Waals surface area contributed by atoms with Gasteiger partial charge in [0.05, 0.1) is 0 Å². The highest BCUT2D eigenvalue weighted by molar-refractivity contribution is 7.20. The van der Waals surface area contributed by atoms with Gasteiger partial charge in [0.15, 0.2) is 6.61 Å². The molecule has 0 aliphatic heterocycles. The molecule has 0 spiro atoms. The van der Waals surface area contributed by atoms with Gasteiger partial charge in [-0.2, -0.15) is 0 Å². The lowest BCUT2D eigenvalue weighted by Crippen LogP contribution is -2.29. The molecule has 1 heterocycles. The summed E-state index contributed by atoms with van der Waals surface area (Å²) in [5.41, 5.74) is 0. The number of nitrogens with one attached hydrogen (secondary N) is 1. The van der Waals surface area contributed by atoms with E-state index in [1.807, 2.05) is 31.2 Å². The Hall–Kier alpha value is -1.88. The molecule has 0 atom stereocenters. The Morgan fingerprint density at radius 3 is 2.85 bits per heavy atom. The Morgan fingerprint density at radius 2 is 2.10 bits per heavy atom.